The number of nitrogens with one attached hydrogen (secondary N) is 2. The number of aryl methyl sites for hydroxylation is 1. The SMILES string of the molecule is O=C(NCCCn1cc(Br)cn1)c1cc(C(F)(F)F)[nH]n1. The van der Waals surface area contributed by atoms with E-state index in [4.69, 9.17) is 0 Å². The number of hydrogen-bond donors (Lipinski definition) is 2. The van der Waals surface area contributed by atoms with E-state index in [-0.39, 0.29) is 5.69 Å². The van der Waals surface area contributed by atoms with Crippen LogP contribution in [0.15, 0.2) is 22.9 Å². The van der Waals surface area contributed by atoms with Crippen LogP contribution in [-0.2, 0) is 12.7 Å². The number of nitrogens with zero attached hydrogens (tertiary/aromatic N) is 3. The van der Waals surface area contributed by atoms with E-state index in [9.17, 15) is 18.0 Å². The maximum Gasteiger partial charge on any atom is 0.432 e. The van der Waals surface area contributed by atoms with Crippen molar-refractivity contribution < 1.29 is 18.0 Å². The minimum absolute atomic E-state index is 0.288. The standard InChI is InChI=1S/C11H11BrF3N5O/c12-7-5-17-20(6-7)3-1-2-16-10(21)8-4-9(19-18-8)11(13,14)15/h4-6H,1-3H2,(H,16,21)(H,18,19). The molecule has 2 aromatic rings. The van der Waals surface area contributed by atoms with E-state index >= 15 is 0 Å². The molecule has 0 saturated heterocycles. The predicted octanol–water partition coefficient (Wildman–Crippen LogP) is 2.21. The van der Waals surface area contributed by atoms with Crippen molar-refractivity contribution in [3.63, 3.8) is 0 Å². The van der Waals surface area contributed by atoms with Crippen LogP contribution in [0, 0.1) is 0 Å². The van der Waals surface area contributed by atoms with Crippen molar-refractivity contribution in [1.82, 2.24) is 25.3 Å². The van der Waals surface area contributed by atoms with Crippen LogP contribution < -0.4 is 5.32 Å². The van der Waals surface area contributed by atoms with E-state index in [0.717, 1.165) is 4.47 Å². The van der Waals surface area contributed by atoms with Crippen LogP contribution in [0.1, 0.15) is 22.6 Å². The van der Waals surface area contributed by atoms with Crippen LogP contribution in [0.25, 0.3) is 0 Å². The highest BCUT2D eigenvalue weighted by Gasteiger charge is 2.33. The fraction of sp³-hybridized carbons (Fsp3) is 0.364. The molecular weight excluding hydrogens is 355 g/mol. The largest absolute Gasteiger partial charge is 0.432 e. The monoisotopic (exact) mass is 365 g/mol. The molecular formula is C11H11BrF3N5O. The van der Waals surface area contributed by atoms with Gasteiger partial charge >= 0.3 is 6.18 Å². The number of H-pyrrole nitrogens is 1. The molecule has 0 fully saturated rings. The zero-order valence-corrected chi connectivity index (χ0v) is 12.2. The van der Waals surface area contributed by atoms with Crippen molar-refractivity contribution in [2.45, 2.75) is 19.1 Å². The molecule has 0 unspecified atom stereocenters. The summed E-state index contributed by atoms with van der Waals surface area (Å²) in [5.41, 5.74) is -1.34. The third-order valence-corrected chi connectivity index (χ3v) is 2.98. The Morgan fingerprint density at radius 3 is 2.81 bits per heavy atom. The summed E-state index contributed by atoms with van der Waals surface area (Å²) in [6.07, 6.45) is -0.526. The zero-order valence-electron chi connectivity index (χ0n) is 10.6. The highest BCUT2D eigenvalue weighted by atomic mass is 79.9. The zero-order chi connectivity index (χ0) is 15.5. The molecule has 21 heavy (non-hydrogen) atoms. The number of aromatic nitrogens is 4. The van der Waals surface area contributed by atoms with Crippen molar-refractivity contribution in [1.29, 1.82) is 0 Å². The van der Waals surface area contributed by atoms with Gasteiger partial charge in [0, 0.05) is 25.4 Å². The fourth-order valence-corrected chi connectivity index (χ4v) is 1.91. The van der Waals surface area contributed by atoms with Gasteiger partial charge in [0.2, 0.25) is 0 Å². The van der Waals surface area contributed by atoms with Gasteiger partial charge in [-0.1, -0.05) is 0 Å². The number of aromatic amines is 1. The highest BCUT2D eigenvalue weighted by molar-refractivity contribution is 9.10. The number of rotatable bonds is 5. The molecule has 0 spiro atoms. The molecule has 2 aromatic heterocycles. The van der Waals surface area contributed by atoms with E-state index in [1.54, 1.807) is 22.2 Å². The molecule has 0 bridgehead atoms. The van der Waals surface area contributed by atoms with E-state index < -0.39 is 17.8 Å². The molecule has 0 atom stereocenters. The summed E-state index contributed by atoms with van der Waals surface area (Å²) < 4.78 is 39.6. The van der Waals surface area contributed by atoms with Gasteiger partial charge in [0.15, 0.2) is 5.69 Å². The lowest BCUT2D eigenvalue weighted by molar-refractivity contribution is -0.141. The van der Waals surface area contributed by atoms with Gasteiger partial charge in [0.25, 0.3) is 5.91 Å². The van der Waals surface area contributed by atoms with Crippen LogP contribution in [0.4, 0.5) is 13.2 Å². The third kappa shape index (κ3) is 4.31. The minimum atomic E-state index is -4.54. The number of carbonyl (C=O) groups is 1. The average molecular weight is 366 g/mol. The first-order valence-electron chi connectivity index (χ1n) is 5.95. The van der Waals surface area contributed by atoms with Crippen LogP contribution in [-0.4, -0.2) is 32.4 Å². The Labute approximate surface area is 125 Å². The Morgan fingerprint density at radius 1 is 1.48 bits per heavy atom. The molecule has 10 heteroatoms. The molecule has 6 nitrogen and oxygen atoms in total. The highest BCUT2D eigenvalue weighted by Crippen LogP contribution is 2.27. The Hall–Kier alpha value is -1.84. The lowest BCUT2D eigenvalue weighted by Gasteiger charge is -2.03. The summed E-state index contributed by atoms with van der Waals surface area (Å²) in [5, 5.41) is 11.7. The summed E-state index contributed by atoms with van der Waals surface area (Å²) in [4.78, 5) is 11.6. The number of amides is 1. The first-order chi connectivity index (χ1) is 9.86. The second-order valence-electron chi connectivity index (χ2n) is 4.20. The van der Waals surface area contributed by atoms with Crippen molar-refractivity contribution in [2.75, 3.05) is 6.54 Å². The molecule has 114 valence electrons. The van der Waals surface area contributed by atoms with Gasteiger partial charge in [-0.2, -0.15) is 23.4 Å². The Morgan fingerprint density at radius 2 is 2.24 bits per heavy atom. The maximum absolute atomic E-state index is 12.3. The van der Waals surface area contributed by atoms with E-state index in [2.05, 4.69) is 31.4 Å². The lowest BCUT2D eigenvalue weighted by atomic mass is 10.3. The third-order valence-electron chi connectivity index (χ3n) is 2.57. The summed E-state index contributed by atoms with van der Waals surface area (Å²) in [5.74, 6) is -0.650. The van der Waals surface area contributed by atoms with E-state index in [1.807, 2.05) is 0 Å². The molecule has 0 aliphatic rings. The Bertz CT molecular complexity index is 621. The topological polar surface area (TPSA) is 75.6 Å². The van der Waals surface area contributed by atoms with Gasteiger partial charge in [-0.15, -0.1) is 0 Å². The second-order valence-corrected chi connectivity index (χ2v) is 5.11. The quantitative estimate of drug-likeness (QED) is 0.797. The van der Waals surface area contributed by atoms with Crippen LogP contribution in [0.5, 0.6) is 0 Å². The van der Waals surface area contributed by atoms with Crippen molar-refractivity contribution in [3.05, 3.63) is 34.3 Å². The average Bonchev–Trinajstić information content (AvgIpc) is 3.02. The van der Waals surface area contributed by atoms with Crippen LogP contribution in [0.3, 0.4) is 0 Å². The smallest absolute Gasteiger partial charge is 0.351 e. The van der Waals surface area contributed by atoms with Gasteiger partial charge in [-0.05, 0) is 22.4 Å². The second kappa shape index (κ2) is 6.29. The van der Waals surface area contributed by atoms with E-state index in [1.165, 1.54) is 0 Å². The molecule has 0 aromatic carbocycles. The van der Waals surface area contributed by atoms with Crippen molar-refractivity contribution in [2.24, 2.45) is 0 Å². The normalized spacial score (nSPS) is 11.6. The Kier molecular flexibility index (Phi) is 4.66. The maximum atomic E-state index is 12.3. The first-order valence-corrected chi connectivity index (χ1v) is 6.74. The van der Waals surface area contributed by atoms with Gasteiger partial charge < -0.3 is 5.32 Å². The molecule has 2 N–H and O–H groups in total. The number of hydrogen-bond acceptors (Lipinski definition) is 3. The molecule has 2 heterocycles. The predicted molar refractivity (Wildman–Crippen MR) is 70.5 cm³/mol. The van der Waals surface area contributed by atoms with E-state index in [0.29, 0.717) is 25.6 Å². The molecule has 0 radical (unpaired) electrons. The van der Waals surface area contributed by atoms with Crippen LogP contribution >= 0.6 is 15.9 Å². The first kappa shape index (κ1) is 15.5. The summed E-state index contributed by atoms with van der Waals surface area (Å²) in [6.45, 7) is 0.894. The van der Waals surface area contributed by atoms with Crippen LogP contribution in [0.2, 0.25) is 0 Å². The van der Waals surface area contributed by atoms with Crippen molar-refractivity contribution in [3.8, 4) is 0 Å². The minimum Gasteiger partial charge on any atom is -0.351 e. The molecule has 1 amide bonds. The fourth-order valence-electron chi connectivity index (χ4n) is 1.58. The number of carbonyl (C=O) groups excluding carboxylic acids is 1. The van der Waals surface area contributed by atoms with Crippen molar-refractivity contribution >= 4 is 21.8 Å². The van der Waals surface area contributed by atoms with Gasteiger partial charge in [-0.3, -0.25) is 14.6 Å². The molecule has 2 rings (SSSR count). The van der Waals surface area contributed by atoms with Gasteiger partial charge in [0.05, 0.1) is 10.7 Å². The molecule has 0 saturated carbocycles. The molecule has 0 aliphatic carbocycles. The Balaban J connectivity index is 1.78. The molecule has 0 aliphatic heterocycles. The summed E-state index contributed by atoms with van der Waals surface area (Å²) >= 11 is 3.26. The summed E-state index contributed by atoms with van der Waals surface area (Å²) in [7, 11) is 0. The number of alkyl halides is 3. The van der Waals surface area contributed by atoms with Gasteiger partial charge in [-0.25, -0.2) is 0 Å². The van der Waals surface area contributed by atoms with Gasteiger partial charge in [0.1, 0.15) is 5.69 Å². The lowest BCUT2D eigenvalue weighted by Crippen LogP contribution is -2.25. The number of halogens is 4. The summed E-state index contributed by atoms with van der Waals surface area (Å²) in [6, 6.07) is 0.681.